The van der Waals surface area contributed by atoms with Crippen molar-refractivity contribution in [3.63, 3.8) is 0 Å². The van der Waals surface area contributed by atoms with E-state index in [1.54, 1.807) is 0 Å². The highest BCUT2D eigenvalue weighted by Gasteiger charge is 2.23. The van der Waals surface area contributed by atoms with Gasteiger partial charge in [-0.15, -0.1) is 0 Å². The molecule has 0 aromatic rings. The lowest BCUT2D eigenvalue weighted by Crippen LogP contribution is -2.30. The molecule has 0 N–H and O–H groups in total. The molecule has 3 nitrogen and oxygen atoms in total. The van der Waals surface area contributed by atoms with Crippen LogP contribution >= 0.6 is 0 Å². The zero-order valence-electron chi connectivity index (χ0n) is 6.25. The number of likely N-dealkylation sites (tertiary alicyclic amines) is 1. The smallest absolute Gasteiger partial charge is 0.294 e. The molecule has 1 aliphatic rings. The second kappa shape index (κ2) is 3.56. The predicted octanol–water partition coefficient (Wildman–Crippen LogP) is 0.601. The molecule has 0 radical (unpaired) electrons. The highest BCUT2D eigenvalue weighted by molar-refractivity contribution is 5.37. The number of carbonyl (C=O) groups excluding carboxylic acids is 1. The first-order valence-electron chi connectivity index (χ1n) is 3.71. The first-order valence-corrected chi connectivity index (χ1v) is 3.71. The molecule has 1 saturated heterocycles. The predicted molar refractivity (Wildman–Crippen MR) is 37.4 cm³/mol. The average Bonchev–Trinajstić information content (AvgIpc) is 2.36. The summed E-state index contributed by atoms with van der Waals surface area (Å²) in [7, 11) is 0. The maximum Gasteiger partial charge on any atom is 0.294 e. The van der Waals surface area contributed by atoms with E-state index in [9.17, 15) is 4.79 Å². The van der Waals surface area contributed by atoms with Gasteiger partial charge in [0.1, 0.15) is 0 Å². The Bertz CT molecular complexity index is 116. The van der Waals surface area contributed by atoms with Crippen LogP contribution in [0.3, 0.4) is 0 Å². The molecule has 1 heterocycles. The monoisotopic (exact) mass is 143 g/mol. The van der Waals surface area contributed by atoms with Crippen LogP contribution in [0.2, 0.25) is 0 Å². The number of hydrogen-bond acceptors (Lipinski definition) is 3. The van der Waals surface area contributed by atoms with Crippen molar-refractivity contribution in [2.75, 3.05) is 13.1 Å². The van der Waals surface area contributed by atoms with Crippen LogP contribution in [0.4, 0.5) is 0 Å². The molecule has 58 valence electrons. The quantitative estimate of drug-likeness (QED) is 0.542. The van der Waals surface area contributed by atoms with E-state index in [1.807, 2.05) is 0 Å². The molecule has 0 saturated carbocycles. The molecule has 10 heavy (non-hydrogen) atoms. The number of nitrogens with zero attached hydrogens (tertiary/aromatic N) is 1. The minimum Gasteiger partial charge on any atom is -0.449 e. The molecule has 0 unspecified atom stereocenters. The molecule has 1 fully saturated rings. The molecular formula is C7H13NO2. The summed E-state index contributed by atoms with van der Waals surface area (Å²) in [6.45, 7) is 4.65. The second-order valence-electron chi connectivity index (χ2n) is 2.46. The summed E-state index contributed by atoms with van der Waals surface area (Å²) in [5.41, 5.74) is 0. The van der Waals surface area contributed by atoms with Gasteiger partial charge in [-0.1, -0.05) is 6.92 Å². The van der Waals surface area contributed by atoms with Crippen molar-refractivity contribution in [1.29, 1.82) is 0 Å². The molecule has 0 spiro atoms. The van der Waals surface area contributed by atoms with Crippen LogP contribution in [0.15, 0.2) is 0 Å². The second-order valence-corrected chi connectivity index (χ2v) is 2.46. The van der Waals surface area contributed by atoms with E-state index in [4.69, 9.17) is 4.74 Å². The van der Waals surface area contributed by atoms with E-state index < -0.39 is 0 Å². The van der Waals surface area contributed by atoms with E-state index in [1.165, 1.54) is 0 Å². The van der Waals surface area contributed by atoms with Crippen molar-refractivity contribution >= 4 is 6.47 Å². The molecule has 0 amide bonds. The summed E-state index contributed by atoms with van der Waals surface area (Å²) in [5.74, 6) is 0. The SMILES string of the molecule is CCN1CCC[C@@H]1OC=O. The van der Waals surface area contributed by atoms with Crippen LogP contribution in [0, 0.1) is 0 Å². The minimum atomic E-state index is 0.0579. The van der Waals surface area contributed by atoms with Crippen molar-refractivity contribution < 1.29 is 9.53 Å². The molecule has 0 bridgehead atoms. The van der Waals surface area contributed by atoms with Gasteiger partial charge in [0, 0.05) is 6.54 Å². The fraction of sp³-hybridized carbons (Fsp3) is 0.857. The summed E-state index contributed by atoms with van der Waals surface area (Å²) < 4.78 is 4.85. The highest BCUT2D eigenvalue weighted by atomic mass is 16.5. The van der Waals surface area contributed by atoms with Gasteiger partial charge < -0.3 is 4.74 Å². The fourth-order valence-electron chi connectivity index (χ4n) is 1.38. The van der Waals surface area contributed by atoms with E-state index in [2.05, 4.69) is 11.8 Å². The van der Waals surface area contributed by atoms with Gasteiger partial charge in [-0.2, -0.15) is 0 Å². The van der Waals surface area contributed by atoms with Crippen molar-refractivity contribution in [2.24, 2.45) is 0 Å². The van der Waals surface area contributed by atoms with E-state index >= 15 is 0 Å². The van der Waals surface area contributed by atoms with Gasteiger partial charge in [-0.25, -0.2) is 0 Å². The third-order valence-corrected chi connectivity index (χ3v) is 1.92. The van der Waals surface area contributed by atoms with Crippen LogP contribution in [-0.2, 0) is 9.53 Å². The Morgan fingerprint density at radius 3 is 3.20 bits per heavy atom. The molecule has 0 aromatic heterocycles. The van der Waals surface area contributed by atoms with E-state index in [0.29, 0.717) is 6.47 Å². The summed E-state index contributed by atoms with van der Waals surface area (Å²) in [6, 6.07) is 0. The standard InChI is InChI=1S/C7H13NO2/c1-2-8-5-3-4-7(8)10-6-9/h6-7H,2-5H2,1H3/t7-/m0/s1. The van der Waals surface area contributed by atoms with Gasteiger partial charge in [0.25, 0.3) is 6.47 Å². The van der Waals surface area contributed by atoms with Crippen LogP contribution in [0.1, 0.15) is 19.8 Å². The Hall–Kier alpha value is -0.570. The van der Waals surface area contributed by atoms with E-state index in [-0.39, 0.29) is 6.23 Å². The first-order chi connectivity index (χ1) is 4.88. The van der Waals surface area contributed by atoms with Crippen LogP contribution in [0.25, 0.3) is 0 Å². The third kappa shape index (κ3) is 1.48. The normalized spacial score (nSPS) is 26.7. The summed E-state index contributed by atoms with van der Waals surface area (Å²) in [6.07, 6.45) is 2.20. The van der Waals surface area contributed by atoms with Crippen molar-refractivity contribution in [1.82, 2.24) is 4.90 Å². The molecular weight excluding hydrogens is 130 g/mol. The molecule has 1 rings (SSSR count). The number of ether oxygens (including phenoxy) is 1. The van der Waals surface area contributed by atoms with Gasteiger partial charge in [-0.05, 0) is 19.4 Å². The van der Waals surface area contributed by atoms with E-state index in [0.717, 1.165) is 25.9 Å². The lowest BCUT2D eigenvalue weighted by Gasteiger charge is -2.19. The molecule has 1 aliphatic heterocycles. The zero-order valence-corrected chi connectivity index (χ0v) is 6.25. The van der Waals surface area contributed by atoms with Crippen LogP contribution in [-0.4, -0.2) is 30.7 Å². The average molecular weight is 143 g/mol. The number of carbonyl (C=O) groups is 1. The zero-order chi connectivity index (χ0) is 7.40. The van der Waals surface area contributed by atoms with Gasteiger partial charge in [0.05, 0.1) is 0 Å². The van der Waals surface area contributed by atoms with Crippen molar-refractivity contribution in [3.8, 4) is 0 Å². The summed E-state index contributed by atoms with van der Waals surface area (Å²) in [5, 5.41) is 0. The first kappa shape index (κ1) is 7.54. The third-order valence-electron chi connectivity index (χ3n) is 1.92. The lowest BCUT2D eigenvalue weighted by molar-refractivity contribution is -0.140. The van der Waals surface area contributed by atoms with Gasteiger partial charge in [-0.3, -0.25) is 9.69 Å². The van der Waals surface area contributed by atoms with Crippen LogP contribution in [0.5, 0.6) is 0 Å². The maximum absolute atomic E-state index is 9.97. The topological polar surface area (TPSA) is 29.5 Å². The highest BCUT2D eigenvalue weighted by Crippen LogP contribution is 2.16. The van der Waals surface area contributed by atoms with Gasteiger partial charge >= 0.3 is 0 Å². The van der Waals surface area contributed by atoms with Gasteiger partial charge in [0.2, 0.25) is 0 Å². The maximum atomic E-state index is 9.97. The Morgan fingerprint density at radius 1 is 1.80 bits per heavy atom. The van der Waals surface area contributed by atoms with Crippen molar-refractivity contribution in [3.05, 3.63) is 0 Å². The summed E-state index contributed by atoms with van der Waals surface area (Å²) in [4.78, 5) is 12.1. The Morgan fingerprint density at radius 2 is 2.60 bits per heavy atom. The Kier molecular flexibility index (Phi) is 2.68. The van der Waals surface area contributed by atoms with Crippen molar-refractivity contribution in [2.45, 2.75) is 26.0 Å². The Balaban J connectivity index is 2.34. The van der Waals surface area contributed by atoms with Gasteiger partial charge in [0.15, 0.2) is 6.23 Å². The molecule has 0 aromatic carbocycles. The molecule has 3 heteroatoms. The number of rotatable bonds is 3. The fourth-order valence-corrected chi connectivity index (χ4v) is 1.38. The Labute approximate surface area is 61.0 Å². The molecule has 1 atom stereocenters. The lowest BCUT2D eigenvalue weighted by atomic mass is 10.4. The molecule has 0 aliphatic carbocycles. The minimum absolute atomic E-state index is 0.0579. The summed E-state index contributed by atoms with van der Waals surface area (Å²) >= 11 is 0. The number of hydrogen-bond donors (Lipinski definition) is 0. The van der Waals surface area contributed by atoms with Crippen LogP contribution < -0.4 is 0 Å². The largest absolute Gasteiger partial charge is 0.449 e.